The molecule has 1 unspecified atom stereocenters. The summed E-state index contributed by atoms with van der Waals surface area (Å²) in [7, 11) is 0. The summed E-state index contributed by atoms with van der Waals surface area (Å²) in [6, 6.07) is 14.5. The molecule has 1 aliphatic heterocycles. The summed E-state index contributed by atoms with van der Waals surface area (Å²) in [5.41, 5.74) is 2.11. The van der Waals surface area contributed by atoms with Gasteiger partial charge in [0, 0.05) is 25.8 Å². The third-order valence-corrected chi connectivity index (χ3v) is 6.86. The Hall–Kier alpha value is -4.12. The fourth-order valence-electron chi connectivity index (χ4n) is 4.62. The van der Waals surface area contributed by atoms with Crippen LogP contribution in [0.15, 0.2) is 48.5 Å². The monoisotopic (exact) mass is 611 g/mol. The number of carbonyl (C=O) groups excluding carboxylic acids is 3. The predicted molar refractivity (Wildman–Crippen MR) is 165 cm³/mol. The molecule has 1 saturated heterocycles. The maximum atomic E-state index is 13.0. The summed E-state index contributed by atoms with van der Waals surface area (Å²) in [6.45, 7) is 8.48. The number of carboxylic acid groups (broad SMARTS) is 1. The summed E-state index contributed by atoms with van der Waals surface area (Å²) >= 11 is 0. The molecule has 1 aliphatic rings. The molecule has 2 aromatic carbocycles. The van der Waals surface area contributed by atoms with Crippen molar-refractivity contribution in [2.75, 3.05) is 26.3 Å². The van der Waals surface area contributed by atoms with Crippen molar-refractivity contribution in [3.05, 3.63) is 54.1 Å². The third-order valence-electron chi connectivity index (χ3n) is 6.86. The zero-order valence-electron chi connectivity index (χ0n) is 26.1. The molecule has 3 N–H and O–H groups in total. The van der Waals surface area contributed by atoms with Gasteiger partial charge in [0.2, 0.25) is 11.8 Å². The second-order valence-corrected chi connectivity index (χ2v) is 11.8. The number of nitrogens with one attached hydrogen (secondary N) is 2. The van der Waals surface area contributed by atoms with Crippen LogP contribution >= 0.6 is 0 Å². The van der Waals surface area contributed by atoms with E-state index in [1.54, 1.807) is 20.8 Å². The zero-order chi connectivity index (χ0) is 32.1. The molecular weight excluding hydrogens is 566 g/mol. The Kier molecular flexibility index (Phi) is 13.0. The molecular formula is C33H45N3O8. The summed E-state index contributed by atoms with van der Waals surface area (Å²) in [5.74, 6) is -1.40. The maximum absolute atomic E-state index is 13.0. The van der Waals surface area contributed by atoms with Crippen LogP contribution < -0.4 is 15.4 Å². The van der Waals surface area contributed by atoms with Crippen molar-refractivity contribution in [1.82, 2.24) is 15.5 Å². The van der Waals surface area contributed by atoms with Gasteiger partial charge in [-0.1, -0.05) is 49.7 Å². The van der Waals surface area contributed by atoms with Crippen LogP contribution in [0.3, 0.4) is 0 Å². The molecule has 0 aliphatic carbocycles. The van der Waals surface area contributed by atoms with Gasteiger partial charge < -0.3 is 30.0 Å². The van der Waals surface area contributed by atoms with Crippen LogP contribution in [0.5, 0.6) is 5.75 Å². The lowest BCUT2D eigenvalue weighted by atomic mass is 10.00. The van der Waals surface area contributed by atoms with Crippen molar-refractivity contribution >= 4 is 23.9 Å². The highest BCUT2D eigenvalue weighted by Crippen LogP contribution is 2.24. The second kappa shape index (κ2) is 16.7. The lowest BCUT2D eigenvalue weighted by Crippen LogP contribution is -2.50. The highest BCUT2D eigenvalue weighted by molar-refractivity contribution is 5.89. The number of nitrogens with zero attached hydrogens (tertiary/aromatic N) is 1. The predicted octanol–water partition coefficient (Wildman–Crippen LogP) is 4.52. The molecule has 11 nitrogen and oxygen atoms in total. The topological polar surface area (TPSA) is 144 Å². The van der Waals surface area contributed by atoms with E-state index in [4.69, 9.17) is 19.3 Å². The lowest BCUT2D eigenvalue weighted by Gasteiger charge is -2.36. The molecule has 44 heavy (non-hydrogen) atoms. The number of ether oxygens (including phenoxy) is 3. The second-order valence-electron chi connectivity index (χ2n) is 11.8. The first-order valence-corrected chi connectivity index (χ1v) is 15.2. The molecule has 2 atom stereocenters. The molecule has 11 heteroatoms. The van der Waals surface area contributed by atoms with Crippen LogP contribution in [0.1, 0.15) is 65.4 Å². The Morgan fingerprint density at radius 2 is 1.70 bits per heavy atom. The van der Waals surface area contributed by atoms with Crippen LogP contribution in [-0.4, -0.2) is 78.1 Å². The molecule has 3 rings (SSSR count). The standard InChI is InChI=1S/C33H45N3O8/c1-5-6-19-42-26-14-12-25(13-15-26)24-10-8-23(9-11-24)21-27(31(40)34-22-30(38)39)35-28(37)16-17-29-36(18-7-20-43-29)32(41)44-33(2,3)4/h8-15,27,29H,5-7,16-22H2,1-4H3,(H,34,40)(H,35,37)(H,38,39)/t27-,29?/m0/s1. The summed E-state index contributed by atoms with van der Waals surface area (Å²) in [4.78, 5) is 51.1. The molecule has 1 fully saturated rings. The van der Waals surface area contributed by atoms with E-state index in [-0.39, 0.29) is 19.3 Å². The molecule has 0 radical (unpaired) electrons. The van der Waals surface area contributed by atoms with E-state index < -0.39 is 48.3 Å². The first-order chi connectivity index (χ1) is 20.9. The first kappa shape index (κ1) is 34.4. The van der Waals surface area contributed by atoms with E-state index in [1.165, 1.54) is 4.90 Å². The van der Waals surface area contributed by atoms with Crippen LogP contribution in [0.4, 0.5) is 4.79 Å². The molecule has 0 aromatic heterocycles. The largest absolute Gasteiger partial charge is 0.494 e. The van der Waals surface area contributed by atoms with E-state index in [2.05, 4.69) is 17.6 Å². The van der Waals surface area contributed by atoms with E-state index in [9.17, 15) is 19.2 Å². The smallest absolute Gasteiger partial charge is 0.412 e. The Labute approximate surface area is 259 Å². The van der Waals surface area contributed by atoms with Crippen LogP contribution in [0.25, 0.3) is 11.1 Å². The van der Waals surface area contributed by atoms with Crippen molar-refractivity contribution in [1.29, 1.82) is 0 Å². The molecule has 0 bridgehead atoms. The number of hydrogen-bond donors (Lipinski definition) is 3. The number of rotatable bonds is 14. The van der Waals surface area contributed by atoms with E-state index in [1.807, 2.05) is 48.5 Å². The summed E-state index contributed by atoms with van der Waals surface area (Å²) in [6.07, 6.45) is 1.95. The molecule has 2 aromatic rings. The first-order valence-electron chi connectivity index (χ1n) is 15.2. The minimum Gasteiger partial charge on any atom is -0.494 e. The van der Waals surface area contributed by atoms with Crippen LogP contribution in [0, 0.1) is 0 Å². The van der Waals surface area contributed by atoms with Crippen LogP contribution in [-0.2, 0) is 30.3 Å². The van der Waals surface area contributed by atoms with Gasteiger partial charge in [-0.15, -0.1) is 0 Å². The van der Waals surface area contributed by atoms with Crippen molar-refractivity contribution in [3.63, 3.8) is 0 Å². The maximum Gasteiger partial charge on any atom is 0.412 e. The number of amides is 3. The number of carbonyl (C=O) groups is 4. The van der Waals surface area contributed by atoms with E-state index in [0.717, 1.165) is 35.3 Å². The highest BCUT2D eigenvalue weighted by atomic mass is 16.6. The minimum atomic E-state index is -1.19. The quantitative estimate of drug-likeness (QED) is 0.265. The molecule has 3 amide bonds. The Morgan fingerprint density at radius 1 is 1.05 bits per heavy atom. The van der Waals surface area contributed by atoms with Gasteiger partial charge in [-0.3, -0.25) is 19.3 Å². The third kappa shape index (κ3) is 11.5. The van der Waals surface area contributed by atoms with Crippen molar-refractivity contribution in [2.45, 2.75) is 84.1 Å². The molecule has 0 saturated carbocycles. The number of unbranched alkanes of at least 4 members (excludes halogenated alkanes) is 1. The van der Waals surface area contributed by atoms with Crippen LogP contribution in [0.2, 0.25) is 0 Å². The Morgan fingerprint density at radius 3 is 2.32 bits per heavy atom. The highest BCUT2D eigenvalue weighted by Gasteiger charge is 2.32. The van der Waals surface area contributed by atoms with Gasteiger partial charge >= 0.3 is 12.1 Å². The molecule has 240 valence electrons. The number of aliphatic carboxylic acids is 1. The Bertz CT molecular complexity index is 1240. The number of benzene rings is 2. The zero-order valence-corrected chi connectivity index (χ0v) is 26.1. The van der Waals surface area contributed by atoms with E-state index in [0.29, 0.717) is 26.2 Å². The fraction of sp³-hybridized carbons (Fsp3) is 0.515. The summed E-state index contributed by atoms with van der Waals surface area (Å²) in [5, 5.41) is 14.1. The van der Waals surface area contributed by atoms with Gasteiger partial charge in [0.25, 0.3) is 0 Å². The Balaban J connectivity index is 1.62. The normalized spacial score (nSPS) is 15.6. The number of carboxylic acids is 1. The van der Waals surface area contributed by atoms with Gasteiger partial charge in [0.15, 0.2) is 0 Å². The van der Waals surface area contributed by atoms with Crippen molar-refractivity contribution in [3.8, 4) is 16.9 Å². The van der Waals surface area contributed by atoms with Gasteiger partial charge in [-0.05, 0) is 62.4 Å². The molecule has 1 heterocycles. The average molecular weight is 612 g/mol. The van der Waals surface area contributed by atoms with Gasteiger partial charge in [-0.25, -0.2) is 4.79 Å². The van der Waals surface area contributed by atoms with Gasteiger partial charge in [0.1, 0.15) is 30.2 Å². The summed E-state index contributed by atoms with van der Waals surface area (Å²) < 4.78 is 17.0. The van der Waals surface area contributed by atoms with Crippen molar-refractivity contribution < 1.29 is 38.5 Å². The SMILES string of the molecule is CCCCOc1ccc(-c2ccc(C[C@H](NC(=O)CCC3OCCCN3C(=O)OC(C)(C)C)C(=O)NCC(=O)O)cc2)cc1. The van der Waals surface area contributed by atoms with E-state index >= 15 is 0 Å². The van der Waals surface area contributed by atoms with Gasteiger partial charge in [-0.2, -0.15) is 0 Å². The average Bonchev–Trinajstić information content (AvgIpc) is 2.98. The van der Waals surface area contributed by atoms with Gasteiger partial charge in [0.05, 0.1) is 13.2 Å². The lowest BCUT2D eigenvalue weighted by molar-refractivity contribution is -0.138. The van der Waals surface area contributed by atoms with Crippen molar-refractivity contribution in [2.24, 2.45) is 0 Å². The molecule has 0 spiro atoms. The fourth-order valence-corrected chi connectivity index (χ4v) is 4.62. The minimum absolute atomic E-state index is 0.0102. The number of hydrogen-bond acceptors (Lipinski definition) is 7.